The van der Waals surface area contributed by atoms with E-state index in [-0.39, 0.29) is 0 Å². The van der Waals surface area contributed by atoms with Gasteiger partial charge in [0.2, 0.25) is 0 Å². The maximum Gasteiger partial charge on any atom is 0.137 e. The molecule has 0 spiro atoms. The predicted molar refractivity (Wildman–Crippen MR) is 119 cm³/mol. The smallest absolute Gasteiger partial charge is 0.137 e. The Morgan fingerprint density at radius 3 is 2.60 bits per heavy atom. The molecule has 2 aliphatic heterocycles. The van der Waals surface area contributed by atoms with Crippen molar-refractivity contribution in [1.29, 1.82) is 0 Å². The average molecular weight is 403 g/mol. The summed E-state index contributed by atoms with van der Waals surface area (Å²) >= 11 is 0. The van der Waals surface area contributed by atoms with Gasteiger partial charge in [-0.3, -0.25) is 9.88 Å². The molecule has 1 N–H and O–H groups in total. The number of fused-ring (bicyclic) bond motifs is 1. The number of nitrogens with zero attached hydrogens (tertiary/aromatic N) is 3. The molecular formula is C25H30N4O. The molecule has 3 fully saturated rings. The topological polar surface area (TPSA) is 54.0 Å². The second-order valence-electron chi connectivity index (χ2n) is 9.24. The molecule has 0 atom stereocenters. The van der Waals surface area contributed by atoms with E-state index < -0.39 is 0 Å². The summed E-state index contributed by atoms with van der Waals surface area (Å²) in [4.78, 5) is 15.9. The molecule has 3 aliphatic rings. The highest BCUT2D eigenvalue weighted by molar-refractivity contribution is 5.85. The lowest BCUT2D eigenvalue weighted by Gasteiger charge is -2.26. The third kappa shape index (κ3) is 3.54. The van der Waals surface area contributed by atoms with Crippen LogP contribution in [0.1, 0.15) is 67.2 Å². The first-order valence-electron chi connectivity index (χ1n) is 11.6. The summed E-state index contributed by atoms with van der Waals surface area (Å²) in [6.07, 6.45) is 11.6. The zero-order valence-electron chi connectivity index (χ0n) is 17.6. The van der Waals surface area contributed by atoms with E-state index in [4.69, 9.17) is 14.7 Å². The summed E-state index contributed by atoms with van der Waals surface area (Å²) in [5.41, 5.74) is 7.30. The maximum absolute atomic E-state index is 5.61. The standard InChI is InChI=1S/C25H30N4O/c1-2-10-29(9-1)16-24-20(18-7-11-30-12-8-18)5-6-23(28-24)19-13-21-22(17-3-4-17)15-27-25(21)26-14-19/h5-6,13-15,17-18H,1-4,7-12,16H2,(H,26,27). The monoisotopic (exact) mass is 402 g/mol. The van der Waals surface area contributed by atoms with Crippen molar-refractivity contribution in [2.45, 2.75) is 56.9 Å². The van der Waals surface area contributed by atoms with E-state index >= 15 is 0 Å². The van der Waals surface area contributed by atoms with Gasteiger partial charge in [-0.15, -0.1) is 0 Å². The number of likely N-dealkylation sites (tertiary alicyclic amines) is 1. The van der Waals surface area contributed by atoms with Gasteiger partial charge >= 0.3 is 0 Å². The minimum absolute atomic E-state index is 0.574. The quantitative estimate of drug-likeness (QED) is 0.653. The highest BCUT2D eigenvalue weighted by Gasteiger charge is 2.27. The van der Waals surface area contributed by atoms with Crippen LogP contribution in [0.25, 0.3) is 22.3 Å². The summed E-state index contributed by atoms with van der Waals surface area (Å²) in [5.74, 6) is 1.29. The van der Waals surface area contributed by atoms with Crippen molar-refractivity contribution in [1.82, 2.24) is 19.9 Å². The molecular weight excluding hydrogens is 372 g/mol. The minimum Gasteiger partial charge on any atom is -0.381 e. The molecule has 6 rings (SSSR count). The fraction of sp³-hybridized carbons (Fsp3) is 0.520. The fourth-order valence-corrected chi connectivity index (χ4v) is 5.23. The number of aromatic amines is 1. The van der Waals surface area contributed by atoms with Crippen molar-refractivity contribution in [2.75, 3.05) is 26.3 Å². The van der Waals surface area contributed by atoms with Crippen LogP contribution in [0.5, 0.6) is 0 Å². The second-order valence-corrected chi connectivity index (χ2v) is 9.24. The van der Waals surface area contributed by atoms with Gasteiger partial charge in [0.15, 0.2) is 0 Å². The Balaban J connectivity index is 1.38. The van der Waals surface area contributed by atoms with Gasteiger partial charge < -0.3 is 9.72 Å². The van der Waals surface area contributed by atoms with Crippen LogP contribution >= 0.6 is 0 Å². The predicted octanol–water partition coefficient (Wildman–Crippen LogP) is 4.99. The number of ether oxygens (including phenoxy) is 1. The first-order chi connectivity index (χ1) is 14.8. The summed E-state index contributed by atoms with van der Waals surface area (Å²) in [7, 11) is 0. The van der Waals surface area contributed by atoms with Crippen molar-refractivity contribution in [3.8, 4) is 11.3 Å². The number of aromatic nitrogens is 3. The lowest BCUT2D eigenvalue weighted by atomic mass is 9.90. The van der Waals surface area contributed by atoms with E-state index in [2.05, 4.69) is 34.3 Å². The molecule has 156 valence electrons. The molecule has 2 saturated heterocycles. The molecule has 0 bridgehead atoms. The molecule has 5 heteroatoms. The Morgan fingerprint density at radius 1 is 1.00 bits per heavy atom. The van der Waals surface area contributed by atoms with Crippen molar-refractivity contribution in [2.24, 2.45) is 0 Å². The molecule has 30 heavy (non-hydrogen) atoms. The highest BCUT2D eigenvalue weighted by Crippen LogP contribution is 2.43. The highest BCUT2D eigenvalue weighted by atomic mass is 16.5. The zero-order valence-corrected chi connectivity index (χ0v) is 17.6. The summed E-state index contributed by atoms with van der Waals surface area (Å²) in [6, 6.07) is 6.85. The van der Waals surface area contributed by atoms with E-state index in [1.54, 1.807) is 0 Å². The number of pyridine rings is 2. The molecule has 3 aromatic rings. The molecule has 0 unspecified atom stereocenters. The Morgan fingerprint density at radius 2 is 1.80 bits per heavy atom. The van der Waals surface area contributed by atoms with Crippen molar-refractivity contribution in [3.05, 3.63) is 47.4 Å². The zero-order chi connectivity index (χ0) is 19.9. The van der Waals surface area contributed by atoms with Crippen LogP contribution < -0.4 is 0 Å². The third-order valence-electron chi connectivity index (χ3n) is 7.12. The van der Waals surface area contributed by atoms with Gasteiger partial charge in [-0.05, 0) is 86.7 Å². The van der Waals surface area contributed by atoms with Crippen molar-refractivity contribution < 1.29 is 4.74 Å². The summed E-state index contributed by atoms with van der Waals surface area (Å²) in [6.45, 7) is 5.09. The molecule has 5 nitrogen and oxygen atoms in total. The second kappa shape index (κ2) is 7.78. The Labute approximate surface area is 177 Å². The van der Waals surface area contributed by atoms with Crippen molar-refractivity contribution in [3.63, 3.8) is 0 Å². The van der Waals surface area contributed by atoms with Crippen molar-refractivity contribution >= 4 is 11.0 Å². The molecule has 0 amide bonds. The third-order valence-corrected chi connectivity index (χ3v) is 7.12. The normalized spacial score (nSPS) is 20.9. The number of nitrogens with one attached hydrogen (secondary N) is 1. The Hall–Kier alpha value is -2.24. The molecule has 0 aromatic carbocycles. The number of hydrogen-bond donors (Lipinski definition) is 1. The van der Waals surface area contributed by atoms with E-state index in [1.807, 2.05) is 6.20 Å². The van der Waals surface area contributed by atoms with Gasteiger partial charge in [-0.25, -0.2) is 4.98 Å². The SMILES string of the molecule is c1nc2[nH]cc(C3CC3)c2cc1-c1ccc(C2CCOCC2)c(CN2CCCC2)n1. The van der Waals surface area contributed by atoms with E-state index in [0.717, 1.165) is 49.5 Å². The van der Waals surface area contributed by atoms with Crippen LogP contribution in [0, 0.1) is 0 Å². The van der Waals surface area contributed by atoms with Gasteiger partial charge in [-0.2, -0.15) is 0 Å². The summed E-state index contributed by atoms with van der Waals surface area (Å²) < 4.78 is 5.61. The number of H-pyrrole nitrogens is 1. The van der Waals surface area contributed by atoms with Crippen LogP contribution in [0.15, 0.2) is 30.6 Å². The Kier molecular flexibility index (Phi) is 4.81. The van der Waals surface area contributed by atoms with E-state index in [9.17, 15) is 0 Å². The molecule has 0 radical (unpaired) electrons. The number of rotatable bonds is 5. The first kappa shape index (κ1) is 18.5. The van der Waals surface area contributed by atoms with Gasteiger partial charge in [-0.1, -0.05) is 6.07 Å². The largest absolute Gasteiger partial charge is 0.381 e. The lowest BCUT2D eigenvalue weighted by Crippen LogP contribution is -2.22. The van der Waals surface area contributed by atoms with Crippen LogP contribution in [0.4, 0.5) is 0 Å². The summed E-state index contributed by atoms with van der Waals surface area (Å²) in [5, 5.41) is 1.27. The van der Waals surface area contributed by atoms with Gasteiger partial charge in [0.1, 0.15) is 5.65 Å². The molecule has 1 aliphatic carbocycles. The van der Waals surface area contributed by atoms with Crippen LogP contribution in [-0.4, -0.2) is 46.2 Å². The Bertz CT molecular complexity index is 1040. The van der Waals surface area contributed by atoms with E-state index in [1.165, 1.54) is 61.0 Å². The van der Waals surface area contributed by atoms with Gasteiger partial charge in [0.05, 0.1) is 11.4 Å². The fourth-order valence-electron chi connectivity index (χ4n) is 5.23. The molecule has 5 heterocycles. The van der Waals surface area contributed by atoms with Crippen LogP contribution in [0.3, 0.4) is 0 Å². The molecule has 3 aromatic heterocycles. The van der Waals surface area contributed by atoms with Gasteiger partial charge in [0.25, 0.3) is 0 Å². The maximum atomic E-state index is 5.61. The number of hydrogen-bond acceptors (Lipinski definition) is 4. The lowest BCUT2D eigenvalue weighted by molar-refractivity contribution is 0.0849. The average Bonchev–Trinajstić information content (AvgIpc) is 3.34. The first-order valence-corrected chi connectivity index (χ1v) is 11.6. The minimum atomic E-state index is 0.574. The van der Waals surface area contributed by atoms with Gasteiger partial charge in [0, 0.05) is 43.1 Å². The van der Waals surface area contributed by atoms with Crippen LogP contribution in [-0.2, 0) is 11.3 Å². The van der Waals surface area contributed by atoms with Crippen LogP contribution in [0.2, 0.25) is 0 Å². The van der Waals surface area contributed by atoms with E-state index in [0.29, 0.717) is 11.8 Å². The molecule has 1 saturated carbocycles.